The Morgan fingerprint density at radius 2 is 1.97 bits per heavy atom. The van der Waals surface area contributed by atoms with Gasteiger partial charge in [0.05, 0.1) is 5.92 Å². The quantitative estimate of drug-likeness (QED) is 0.661. The van der Waals surface area contributed by atoms with E-state index in [0.29, 0.717) is 30.5 Å². The summed E-state index contributed by atoms with van der Waals surface area (Å²) >= 11 is 0. The van der Waals surface area contributed by atoms with Crippen molar-refractivity contribution >= 4 is 5.91 Å². The summed E-state index contributed by atoms with van der Waals surface area (Å²) in [6.45, 7) is 7.78. The summed E-state index contributed by atoms with van der Waals surface area (Å²) in [5.41, 5.74) is 2.70. The van der Waals surface area contributed by atoms with E-state index >= 15 is 0 Å². The van der Waals surface area contributed by atoms with Crippen molar-refractivity contribution in [3.63, 3.8) is 0 Å². The first-order valence-corrected chi connectivity index (χ1v) is 10.3. The van der Waals surface area contributed by atoms with Crippen LogP contribution in [0.2, 0.25) is 0 Å². The highest BCUT2D eigenvalue weighted by molar-refractivity contribution is 5.93. The second kappa shape index (κ2) is 7.05. The highest BCUT2D eigenvalue weighted by Crippen LogP contribution is 2.49. The summed E-state index contributed by atoms with van der Waals surface area (Å²) in [5, 5.41) is 8.36. The molecule has 1 aromatic carbocycles. The molecule has 2 aromatic heterocycles. The molecule has 2 saturated heterocycles. The van der Waals surface area contributed by atoms with Crippen molar-refractivity contribution in [2.75, 3.05) is 26.2 Å². The summed E-state index contributed by atoms with van der Waals surface area (Å²) in [5.74, 6) is 1.45. The third-order valence-corrected chi connectivity index (χ3v) is 6.44. The molecule has 1 amide bonds. The van der Waals surface area contributed by atoms with Crippen LogP contribution in [0.3, 0.4) is 0 Å². The molecule has 0 bridgehead atoms. The third kappa shape index (κ3) is 3.21. The van der Waals surface area contributed by atoms with Gasteiger partial charge in [0.25, 0.3) is 5.91 Å². The summed E-state index contributed by atoms with van der Waals surface area (Å²) < 4.78 is 7.31. The highest BCUT2D eigenvalue weighted by Gasteiger charge is 2.57. The highest BCUT2D eigenvalue weighted by atomic mass is 16.5. The van der Waals surface area contributed by atoms with E-state index in [1.165, 1.54) is 5.56 Å². The summed E-state index contributed by atoms with van der Waals surface area (Å²) in [6.07, 6.45) is 0. The molecular formula is C22H26N6O2. The second-order valence-electron chi connectivity index (χ2n) is 8.71. The van der Waals surface area contributed by atoms with Crippen molar-refractivity contribution in [3.8, 4) is 0 Å². The Morgan fingerprint density at radius 3 is 2.60 bits per heavy atom. The molecule has 2 fully saturated rings. The minimum Gasteiger partial charge on any atom is -0.339 e. The van der Waals surface area contributed by atoms with Gasteiger partial charge in [0.15, 0.2) is 11.5 Å². The van der Waals surface area contributed by atoms with E-state index in [0.717, 1.165) is 25.3 Å². The van der Waals surface area contributed by atoms with Crippen LogP contribution in [-0.2, 0) is 13.6 Å². The number of rotatable bonds is 4. The van der Waals surface area contributed by atoms with E-state index in [2.05, 4.69) is 44.4 Å². The zero-order valence-electron chi connectivity index (χ0n) is 17.6. The van der Waals surface area contributed by atoms with Gasteiger partial charge in [-0.15, -0.1) is 0 Å². The molecule has 8 heteroatoms. The fourth-order valence-corrected chi connectivity index (χ4v) is 4.83. The number of amides is 1. The lowest BCUT2D eigenvalue weighted by Gasteiger charge is -2.50. The fraction of sp³-hybridized carbons (Fsp3) is 0.455. The molecule has 0 saturated carbocycles. The summed E-state index contributed by atoms with van der Waals surface area (Å²) in [4.78, 5) is 21.8. The van der Waals surface area contributed by atoms with Crippen molar-refractivity contribution in [1.29, 1.82) is 0 Å². The molecular weight excluding hydrogens is 380 g/mol. The molecule has 30 heavy (non-hydrogen) atoms. The predicted octanol–water partition coefficient (Wildman–Crippen LogP) is 2.16. The van der Waals surface area contributed by atoms with Crippen LogP contribution in [0.1, 0.15) is 39.4 Å². The number of hydrogen-bond donors (Lipinski definition) is 0. The van der Waals surface area contributed by atoms with Crippen LogP contribution in [0.25, 0.3) is 0 Å². The van der Waals surface area contributed by atoms with Gasteiger partial charge in [0.2, 0.25) is 5.89 Å². The average molecular weight is 406 g/mol. The van der Waals surface area contributed by atoms with Crippen molar-refractivity contribution in [2.45, 2.75) is 26.3 Å². The van der Waals surface area contributed by atoms with E-state index < -0.39 is 0 Å². The van der Waals surface area contributed by atoms with Crippen LogP contribution in [0.5, 0.6) is 0 Å². The Labute approximate surface area is 175 Å². The number of benzene rings is 1. The lowest BCUT2D eigenvalue weighted by Crippen LogP contribution is -2.61. The molecule has 2 aliphatic heterocycles. The van der Waals surface area contributed by atoms with Crippen LogP contribution in [0.4, 0.5) is 0 Å². The number of likely N-dealkylation sites (tertiary alicyclic amines) is 2. The number of aryl methyl sites for hydroxylation is 3. The topological polar surface area (TPSA) is 80.3 Å². The van der Waals surface area contributed by atoms with E-state index in [4.69, 9.17) is 4.52 Å². The maximum Gasteiger partial charge on any atom is 0.274 e. The van der Waals surface area contributed by atoms with Crippen LogP contribution >= 0.6 is 0 Å². The Bertz CT molecular complexity index is 1050. The monoisotopic (exact) mass is 406 g/mol. The lowest BCUT2D eigenvalue weighted by molar-refractivity contribution is -0.00171. The smallest absolute Gasteiger partial charge is 0.274 e. The molecule has 0 aliphatic carbocycles. The SMILES string of the molecule is Cc1noc(C2CN(Cc3ccccc3)CC23CN(C(=O)c2cc(C)n(C)n2)C3)n1. The van der Waals surface area contributed by atoms with Crippen LogP contribution in [0, 0.1) is 19.3 Å². The van der Waals surface area contributed by atoms with E-state index in [1.807, 2.05) is 37.9 Å². The van der Waals surface area contributed by atoms with E-state index in [1.54, 1.807) is 4.68 Å². The van der Waals surface area contributed by atoms with Gasteiger partial charge in [0, 0.05) is 50.9 Å². The van der Waals surface area contributed by atoms with Crippen molar-refractivity contribution in [3.05, 3.63) is 65.1 Å². The first kappa shape index (κ1) is 19.0. The van der Waals surface area contributed by atoms with Gasteiger partial charge < -0.3 is 9.42 Å². The molecule has 156 valence electrons. The fourth-order valence-electron chi connectivity index (χ4n) is 4.83. The lowest BCUT2D eigenvalue weighted by atomic mass is 9.71. The molecule has 1 unspecified atom stereocenters. The van der Waals surface area contributed by atoms with Crippen molar-refractivity contribution in [1.82, 2.24) is 29.7 Å². The van der Waals surface area contributed by atoms with Gasteiger partial charge in [0.1, 0.15) is 0 Å². The largest absolute Gasteiger partial charge is 0.339 e. The Morgan fingerprint density at radius 1 is 1.20 bits per heavy atom. The Balaban J connectivity index is 1.36. The van der Waals surface area contributed by atoms with Crippen LogP contribution in [-0.4, -0.2) is 61.8 Å². The van der Waals surface area contributed by atoms with Gasteiger partial charge in [-0.1, -0.05) is 35.5 Å². The molecule has 8 nitrogen and oxygen atoms in total. The normalized spacial score (nSPS) is 20.6. The van der Waals surface area contributed by atoms with Crippen molar-refractivity contribution in [2.24, 2.45) is 12.5 Å². The number of aromatic nitrogens is 4. The van der Waals surface area contributed by atoms with Gasteiger partial charge in [-0.2, -0.15) is 10.1 Å². The van der Waals surface area contributed by atoms with Gasteiger partial charge >= 0.3 is 0 Å². The standard InChI is InChI=1S/C22H26N6O2/c1-15-9-19(24-26(15)3)21(29)28-13-22(14-28)12-27(10-17-7-5-4-6-8-17)11-18(22)20-23-16(2)25-30-20/h4-9,18H,10-14H2,1-3H3. The molecule has 1 atom stereocenters. The van der Waals surface area contributed by atoms with Crippen LogP contribution < -0.4 is 0 Å². The average Bonchev–Trinajstić information content (AvgIpc) is 3.38. The molecule has 0 N–H and O–H groups in total. The zero-order chi connectivity index (χ0) is 20.9. The predicted molar refractivity (Wildman–Crippen MR) is 110 cm³/mol. The molecule has 1 spiro atoms. The Kier molecular flexibility index (Phi) is 4.47. The van der Waals surface area contributed by atoms with Gasteiger partial charge in [-0.3, -0.25) is 14.4 Å². The minimum absolute atomic E-state index is 0.00806. The van der Waals surface area contributed by atoms with E-state index in [9.17, 15) is 4.79 Å². The number of carbonyl (C=O) groups is 1. The number of carbonyl (C=O) groups excluding carboxylic acids is 1. The maximum absolute atomic E-state index is 12.9. The Hall–Kier alpha value is -3.00. The van der Waals surface area contributed by atoms with Crippen LogP contribution in [0.15, 0.2) is 40.9 Å². The van der Waals surface area contributed by atoms with Gasteiger partial charge in [-0.05, 0) is 25.5 Å². The minimum atomic E-state index is -0.0623. The molecule has 3 aromatic rings. The molecule has 4 heterocycles. The molecule has 2 aliphatic rings. The van der Waals surface area contributed by atoms with Crippen molar-refractivity contribution < 1.29 is 9.32 Å². The third-order valence-electron chi connectivity index (χ3n) is 6.44. The molecule has 0 radical (unpaired) electrons. The summed E-state index contributed by atoms with van der Waals surface area (Å²) in [6, 6.07) is 12.3. The number of nitrogens with zero attached hydrogens (tertiary/aromatic N) is 6. The van der Waals surface area contributed by atoms with Gasteiger partial charge in [-0.25, -0.2) is 0 Å². The van der Waals surface area contributed by atoms with E-state index in [-0.39, 0.29) is 17.2 Å². The second-order valence-corrected chi connectivity index (χ2v) is 8.71. The zero-order valence-corrected chi connectivity index (χ0v) is 17.6. The first-order chi connectivity index (χ1) is 14.4. The summed E-state index contributed by atoms with van der Waals surface area (Å²) in [7, 11) is 1.86. The first-order valence-electron chi connectivity index (χ1n) is 10.3. The number of hydrogen-bond acceptors (Lipinski definition) is 6. The maximum atomic E-state index is 12.9. The molecule has 5 rings (SSSR count).